The van der Waals surface area contributed by atoms with Crippen molar-refractivity contribution in [3.05, 3.63) is 59.8 Å². The van der Waals surface area contributed by atoms with Crippen LogP contribution < -0.4 is 25.4 Å². The number of amides is 4. The van der Waals surface area contributed by atoms with E-state index in [1.165, 1.54) is 13.2 Å². The monoisotopic (exact) mass is 367 g/mol. The van der Waals surface area contributed by atoms with Gasteiger partial charge in [-0.05, 0) is 35.9 Å². The second-order valence-corrected chi connectivity index (χ2v) is 5.58. The van der Waals surface area contributed by atoms with E-state index in [1.54, 1.807) is 30.3 Å². The fraction of sp³-hybridized carbons (Fsp3) is 0.105. The quantitative estimate of drug-likeness (QED) is 0.534. The minimum Gasteiger partial charge on any atom is -0.493 e. The number of methoxy groups -OCH3 is 1. The zero-order valence-corrected chi connectivity index (χ0v) is 14.4. The lowest BCUT2D eigenvalue weighted by atomic mass is 10.1. The molecule has 1 heterocycles. The number of imide groups is 1. The van der Waals surface area contributed by atoms with Crippen LogP contribution in [0.25, 0.3) is 6.08 Å². The minimum absolute atomic E-state index is 0.137. The van der Waals surface area contributed by atoms with Crippen molar-refractivity contribution in [3.63, 3.8) is 0 Å². The van der Waals surface area contributed by atoms with Gasteiger partial charge in [0.15, 0.2) is 18.1 Å². The lowest BCUT2D eigenvalue weighted by Crippen LogP contribution is -2.22. The molecule has 0 unspecified atom stereocenters. The summed E-state index contributed by atoms with van der Waals surface area (Å²) in [6.07, 6.45) is 1.51. The molecule has 2 aromatic carbocycles. The highest BCUT2D eigenvalue weighted by Gasteiger charge is 2.22. The van der Waals surface area contributed by atoms with Crippen LogP contribution in [0.15, 0.2) is 54.2 Å². The molecule has 0 atom stereocenters. The summed E-state index contributed by atoms with van der Waals surface area (Å²) in [5, 5.41) is 7.25. The number of carbonyl (C=O) groups is 3. The molecule has 1 saturated heterocycles. The van der Waals surface area contributed by atoms with Crippen LogP contribution in [0.1, 0.15) is 5.56 Å². The molecule has 27 heavy (non-hydrogen) atoms. The van der Waals surface area contributed by atoms with Crippen molar-refractivity contribution in [2.24, 2.45) is 0 Å². The number of rotatable bonds is 6. The highest BCUT2D eigenvalue weighted by Crippen LogP contribution is 2.29. The lowest BCUT2D eigenvalue weighted by Gasteiger charge is -2.11. The lowest BCUT2D eigenvalue weighted by molar-refractivity contribution is -0.118. The van der Waals surface area contributed by atoms with Crippen molar-refractivity contribution in [2.75, 3.05) is 19.0 Å². The predicted octanol–water partition coefficient (Wildman–Crippen LogP) is 1.89. The summed E-state index contributed by atoms with van der Waals surface area (Å²) in [5.74, 6) is -0.0407. The van der Waals surface area contributed by atoms with Crippen LogP contribution in [-0.2, 0) is 9.59 Å². The van der Waals surface area contributed by atoms with E-state index in [4.69, 9.17) is 9.47 Å². The van der Waals surface area contributed by atoms with Gasteiger partial charge in [-0.2, -0.15) is 0 Å². The zero-order valence-electron chi connectivity index (χ0n) is 14.4. The Morgan fingerprint density at radius 3 is 2.52 bits per heavy atom. The molecule has 0 radical (unpaired) electrons. The number of ether oxygens (including phenoxy) is 2. The summed E-state index contributed by atoms with van der Waals surface area (Å²) in [7, 11) is 1.47. The first-order valence-electron chi connectivity index (χ1n) is 8.05. The largest absolute Gasteiger partial charge is 0.493 e. The maximum atomic E-state index is 12.0. The van der Waals surface area contributed by atoms with Gasteiger partial charge in [-0.25, -0.2) is 4.79 Å². The number of carbonyl (C=O) groups excluding carboxylic acids is 3. The average Bonchev–Trinajstić information content (AvgIpc) is 2.98. The zero-order chi connectivity index (χ0) is 19.2. The number of para-hydroxylation sites is 1. The molecule has 138 valence electrons. The first-order chi connectivity index (χ1) is 13.0. The van der Waals surface area contributed by atoms with Gasteiger partial charge in [0.2, 0.25) is 0 Å². The Morgan fingerprint density at radius 1 is 1.07 bits per heavy atom. The van der Waals surface area contributed by atoms with Crippen LogP contribution in [0.5, 0.6) is 11.5 Å². The highest BCUT2D eigenvalue weighted by molar-refractivity contribution is 6.14. The Bertz CT molecular complexity index is 909. The third kappa shape index (κ3) is 4.63. The van der Waals surface area contributed by atoms with E-state index in [-0.39, 0.29) is 18.2 Å². The second kappa shape index (κ2) is 8.05. The van der Waals surface area contributed by atoms with Gasteiger partial charge < -0.3 is 20.1 Å². The maximum absolute atomic E-state index is 12.0. The third-order valence-corrected chi connectivity index (χ3v) is 3.63. The van der Waals surface area contributed by atoms with E-state index in [9.17, 15) is 14.4 Å². The Morgan fingerprint density at radius 2 is 1.85 bits per heavy atom. The fourth-order valence-corrected chi connectivity index (χ4v) is 2.40. The van der Waals surface area contributed by atoms with E-state index in [0.717, 1.165) is 0 Å². The minimum atomic E-state index is -0.567. The molecule has 4 amide bonds. The number of hydrogen-bond donors (Lipinski definition) is 3. The van der Waals surface area contributed by atoms with E-state index in [2.05, 4.69) is 16.0 Å². The van der Waals surface area contributed by atoms with Crippen LogP contribution in [0.4, 0.5) is 10.5 Å². The Labute approximate surface area is 155 Å². The van der Waals surface area contributed by atoms with Gasteiger partial charge in [-0.15, -0.1) is 0 Å². The van der Waals surface area contributed by atoms with Gasteiger partial charge in [-0.1, -0.05) is 24.3 Å². The molecular formula is C19H17N3O5. The Kier molecular flexibility index (Phi) is 5.36. The Hall–Kier alpha value is -3.81. The van der Waals surface area contributed by atoms with Gasteiger partial charge in [0, 0.05) is 5.69 Å². The molecule has 3 N–H and O–H groups in total. The van der Waals surface area contributed by atoms with E-state index in [1.807, 2.05) is 18.2 Å². The standard InChI is InChI=1S/C19H17N3O5/c1-26-16-10-12(9-14-18(24)22-19(25)21-14)7-8-15(16)27-11-17(23)20-13-5-3-2-4-6-13/h2-10H,11H2,1H3,(H,20,23)(H2,21,22,24,25). The topological polar surface area (TPSA) is 106 Å². The number of hydrogen-bond acceptors (Lipinski definition) is 5. The fourth-order valence-electron chi connectivity index (χ4n) is 2.40. The van der Waals surface area contributed by atoms with Crippen molar-refractivity contribution in [1.82, 2.24) is 10.6 Å². The number of anilines is 1. The molecule has 8 heteroatoms. The molecule has 8 nitrogen and oxygen atoms in total. The molecule has 1 aliphatic rings. The third-order valence-electron chi connectivity index (χ3n) is 3.63. The van der Waals surface area contributed by atoms with Gasteiger partial charge in [0.1, 0.15) is 5.70 Å². The average molecular weight is 367 g/mol. The van der Waals surface area contributed by atoms with Crippen LogP contribution >= 0.6 is 0 Å². The van der Waals surface area contributed by atoms with Crippen molar-refractivity contribution < 1.29 is 23.9 Å². The van der Waals surface area contributed by atoms with Gasteiger partial charge in [0.25, 0.3) is 11.8 Å². The number of benzene rings is 2. The number of nitrogens with one attached hydrogen (secondary N) is 3. The smallest absolute Gasteiger partial charge is 0.326 e. The van der Waals surface area contributed by atoms with Gasteiger partial charge in [0.05, 0.1) is 7.11 Å². The summed E-state index contributed by atoms with van der Waals surface area (Å²) in [6, 6.07) is 13.4. The highest BCUT2D eigenvalue weighted by atomic mass is 16.5. The summed E-state index contributed by atoms with van der Waals surface area (Å²) < 4.78 is 10.8. The first-order valence-corrected chi connectivity index (χ1v) is 8.05. The normalized spacial score (nSPS) is 14.5. The van der Waals surface area contributed by atoms with Crippen molar-refractivity contribution in [1.29, 1.82) is 0 Å². The van der Waals surface area contributed by atoms with Crippen molar-refractivity contribution >= 4 is 29.6 Å². The molecule has 0 aliphatic carbocycles. The molecule has 3 rings (SSSR count). The molecule has 1 fully saturated rings. The summed E-state index contributed by atoms with van der Waals surface area (Å²) in [5.41, 5.74) is 1.44. The van der Waals surface area contributed by atoms with Crippen LogP contribution in [0.3, 0.4) is 0 Å². The summed E-state index contributed by atoms with van der Waals surface area (Å²) in [6.45, 7) is -0.190. The molecule has 0 spiro atoms. The van der Waals surface area contributed by atoms with Crippen LogP contribution in [0.2, 0.25) is 0 Å². The molecule has 1 aliphatic heterocycles. The predicted molar refractivity (Wildman–Crippen MR) is 98.2 cm³/mol. The second-order valence-electron chi connectivity index (χ2n) is 5.58. The van der Waals surface area contributed by atoms with E-state index in [0.29, 0.717) is 22.7 Å². The first kappa shape index (κ1) is 18.0. The van der Waals surface area contributed by atoms with Crippen LogP contribution in [0, 0.1) is 0 Å². The number of urea groups is 1. The summed E-state index contributed by atoms with van der Waals surface area (Å²) in [4.78, 5) is 34.7. The van der Waals surface area contributed by atoms with E-state index < -0.39 is 11.9 Å². The van der Waals surface area contributed by atoms with E-state index >= 15 is 0 Å². The molecule has 2 aromatic rings. The molecule has 0 bridgehead atoms. The van der Waals surface area contributed by atoms with Crippen LogP contribution in [-0.4, -0.2) is 31.6 Å². The summed E-state index contributed by atoms with van der Waals surface area (Å²) >= 11 is 0. The Balaban J connectivity index is 1.66. The maximum Gasteiger partial charge on any atom is 0.326 e. The van der Waals surface area contributed by atoms with Crippen molar-refractivity contribution in [3.8, 4) is 11.5 Å². The van der Waals surface area contributed by atoms with Crippen molar-refractivity contribution in [2.45, 2.75) is 0 Å². The van der Waals surface area contributed by atoms with Gasteiger partial charge in [-0.3, -0.25) is 14.9 Å². The molecule has 0 saturated carbocycles. The molecular weight excluding hydrogens is 350 g/mol. The molecule has 0 aromatic heterocycles. The SMILES string of the molecule is COc1cc(C=C2NC(=O)NC2=O)ccc1OCC(=O)Nc1ccccc1. The van der Waals surface area contributed by atoms with Gasteiger partial charge >= 0.3 is 6.03 Å².